The minimum absolute atomic E-state index is 0.0647. The smallest absolute Gasteiger partial charge is 0.263 e. The molecule has 32 heavy (non-hydrogen) atoms. The van der Waals surface area contributed by atoms with E-state index in [0.29, 0.717) is 34.9 Å². The number of aromatic nitrogens is 4. The van der Waals surface area contributed by atoms with Gasteiger partial charge in [0.25, 0.3) is 5.56 Å². The monoisotopic (exact) mass is 452 g/mol. The van der Waals surface area contributed by atoms with E-state index in [-0.39, 0.29) is 23.3 Å². The summed E-state index contributed by atoms with van der Waals surface area (Å²) in [6.45, 7) is 4.46. The predicted molar refractivity (Wildman–Crippen MR) is 124 cm³/mol. The highest BCUT2D eigenvalue weighted by molar-refractivity contribution is 7.99. The number of likely N-dealkylation sites (N-methyl/N-ethyl adjacent to an activating group) is 1. The summed E-state index contributed by atoms with van der Waals surface area (Å²) in [5.74, 6) is 1.24. The summed E-state index contributed by atoms with van der Waals surface area (Å²) in [6, 6.07) is 11.0. The lowest BCUT2D eigenvalue weighted by molar-refractivity contribution is -0.118. The molecule has 9 nitrogen and oxygen atoms in total. The number of hydrogen-bond donors (Lipinski definition) is 1. The van der Waals surface area contributed by atoms with Gasteiger partial charge in [-0.05, 0) is 38.4 Å². The van der Waals surface area contributed by atoms with Crippen LogP contribution in [0.2, 0.25) is 0 Å². The largest absolute Gasteiger partial charge is 0.468 e. The van der Waals surface area contributed by atoms with E-state index in [1.54, 1.807) is 18.4 Å². The topological polar surface area (TPSA) is 97.7 Å². The molecule has 4 rings (SSSR count). The molecule has 4 aromatic rings. The molecule has 0 aliphatic rings. The minimum Gasteiger partial charge on any atom is -0.468 e. The lowest BCUT2D eigenvalue weighted by atomic mass is 10.2. The van der Waals surface area contributed by atoms with Crippen molar-refractivity contribution in [3.63, 3.8) is 0 Å². The summed E-state index contributed by atoms with van der Waals surface area (Å²) >= 11 is 1.27. The zero-order valence-corrected chi connectivity index (χ0v) is 18.7. The molecule has 0 aliphatic heterocycles. The highest BCUT2D eigenvalue weighted by Gasteiger charge is 2.19. The Morgan fingerprint density at radius 3 is 2.81 bits per heavy atom. The molecule has 10 heteroatoms. The second-order valence-corrected chi connectivity index (χ2v) is 8.37. The van der Waals surface area contributed by atoms with E-state index in [1.807, 2.05) is 53.7 Å². The van der Waals surface area contributed by atoms with E-state index in [4.69, 9.17) is 4.42 Å². The summed E-state index contributed by atoms with van der Waals surface area (Å²) < 4.78 is 8.82. The van der Waals surface area contributed by atoms with Gasteiger partial charge in [0.05, 0.1) is 29.0 Å². The Bertz CT molecular complexity index is 1310. The molecule has 1 N–H and O–H groups in total. The maximum absolute atomic E-state index is 12.9. The molecule has 0 saturated heterocycles. The van der Waals surface area contributed by atoms with E-state index in [0.717, 1.165) is 5.76 Å². The van der Waals surface area contributed by atoms with Gasteiger partial charge >= 0.3 is 0 Å². The molecule has 0 fully saturated rings. The molecule has 1 unspecified atom stereocenters. The minimum atomic E-state index is -0.151. The van der Waals surface area contributed by atoms with Crippen LogP contribution in [-0.2, 0) is 11.3 Å². The molecule has 3 aromatic heterocycles. The van der Waals surface area contributed by atoms with Crippen molar-refractivity contribution in [1.29, 1.82) is 0 Å². The maximum atomic E-state index is 12.9. The number of rotatable bonds is 9. The molecule has 0 saturated carbocycles. The standard InChI is InChI=1S/C22H24N6O3S/c1-4-11-27-20(30)15-8-5-6-9-16(15)28-21(27)24-25-22(28)32-14-19(29)23-13-17(26(2)3)18-10-7-12-31-18/h4-10,12,17H,1,11,13-14H2,2-3H3,(H,23,29). The van der Waals surface area contributed by atoms with Gasteiger partial charge in [0.15, 0.2) is 5.16 Å². The lowest BCUT2D eigenvalue weighted by Crippen LogP contribution is -2.35. The van der Waals surface area contributed by atoms with Crippen LogP contribution in [0.15, 0.2) is 69.7 Å². The first-order valence-corrected chi connectivity index (χ1v) is 11.1. The van der Waals surface area contributed by atoms with Gasteiger partial charge in [0, 0.05) is 13.1 Å². The van der Waals surface area contributed by atoms with Crippen molar-refractivity contribution in [3.05, 3.63) is 71.4 Å². The molecule has 0 bridgehead atoms. The third kappa shape index (κ3) is 4.19. The Morgan fingerprint density at radius 2 is 2.09 bits per heavy atom. The molecule has 1 atom stereocenters. The summed E-state index contributed by atoms with van der Waals surface area (Å²) in [4.78, 5) is 27.4. The number of fused-ring (bicyclic) bond motifs is 3. The van der Waals surface area contributed by atoms with Crippen LogP contribution in [0.5, 0.6) is 0 Å². The van der Waals surface area contributed by atoms with Crippen molar-refractivity contribution in [1.82, 2.24) is 29.4 Å². The fourth-order valence-corrected chi connectivity index (χ4v) is 4.30. The zero-order chi connectivity index (χ0) is 22.7. The van der Waals surface area contributed by atoms with Crippen molar-refractivity contribution in [2.75, 3.05) is 26.4 Å². The van der Waals surface area contributed by atoms with Crippen LogP contribution in [0.1, 0.15) is 11.8 Å². The number of amides is 1. The number of nitrogens with one attached hydrogen (secondary N) is 1. The van der Waals surface area contributed by atoms with Crippen molar-refractivity contribution >= 4 is 34.3 Å². The van der Waals surface area contributed by atoms with Gasteiger partial charge < -0.3 is 9.73 Å². The summed E-state index contributed by atoms with van der Waals surface area (Å²) in [5, 5.41) is 12.5. The number of thioether (sulfide) groups is 1. The second kappa shape index (κ2) is 9.41. The molecule has 1 amide bonds. The van der Waals surface area contributed by atoms with E-state index < -0.39 is 0 Å². The van der Waals surface area contributed by atoms with Crippen LogP contribution in [0, 0.1) is 0 Å². The van der Waals surface area contributed by atoms with Gasteiger partial charge in [-0.3, -0.25) is 23.5 Å². The van der Waals surface area contributed by atoms with Gasteiger partial charge in [0.2, 0.25) is 11.7 Å². The fourth-order valence-electron chi connectivity index (χ4n) is 3.53. The predicted octanol–water partition coefficient (Wildman–Crippen LogP) is 2.33. The Hall–Kier alpha value is -3.37. The number of allylic oxidation sites excluding steroid dienone is 1. The fraction of sp³-hybridized carbons (Fsp3) is 0.273. The van der Waals surface area contributed by atoms with Gasteiger partial charge in [-0.15, -0.1) is 16.8 Å². The number of hydrogen-bond acceptors (Lipinski definition) is 7. The van der Waals surface area contributed by atoms with Crippen molar-refractivity contribution < 1.29 is 9.21 Å². The Kier molecular flexibility index (Phi) is 6.42. The molecule has 166 valence electrons. The SMILES string of the molecule is C=CCn1c(=O)c2ccccc2n2c(SCC(=O)NCC(c3ccco3)N(C)C)nnc12. The van der Waals surface area contributed by atoms with Crippen LogP contribution < -0.4 is 10.9 Å². The molecule has 0 aliphatic carbocycles. The Morgan fingerprint density at radius 1 is 1.28 bits per heavy atom. The number of para-hydroxylation sites is 1. The summed E-state index contributed by atoms with van der Waals surface area (Å²) in [6.07, 6.45) is 3.27. The quantitative estimate of drug-likeness (QED) is 0.307. The average molecular weight is 453 g/mol. The summed E-state index contributed by atoms with van der Waals surface area (Å²) in [5.41, 5.74) is 0.550. The van der Waals surface area contributed by atoms with E-state index in [2.05, 4.69) is 22.1 Å². The van der Waals surface area contributed by atoms with Crippen LogP contribution >= 0.6 is 11.8 Å². The van der Waals surface area contributed by atoms with Crippen LogP contribution in [0.4, 0.5) is 0 Å². The number of benzene rings is 1. The maximum Gasteiger partial charge on any atom is 0.263 e. The number of nitrogens with zero attached hydrogens (tertiary/aromatic N) is 5. The summed E-state index contributed by atoms with van der Waals surface area (Å²) in [7, 11) is 3.87. The number of carbonyl (C=O) groups excluding carboxylic acids is 1. The third-order valence-electron chi connectivity index (χ3n) is 5.11. The van der Waals surface area contributed by atoms with Gasteiger partial charge in [0.1, 0.15) is 5.76 Å². The Balaban J connectivity index is 1.54. The zero-order valence-electron chi connectivity index (χ0n) is 17.9. The molecular formula is C22H24N6O3S. The number of furan rings is 1. The van der Waals surface area contributed by atoms with Crippen molar-refractivity contribution in [2.24, 2.45) is 0 Å². The normalized spacial score (nSPS) is 12.5. The van der Waals surface area contributed by atoms with Crippen molar-refractivity contribution in [2.45, 2.75) is 17.7 Å². The van der Waals surface area contributed by atoms with E-state index >= 15 is 0 Å². The Labute approximate surface area is 188 Å². The van der Waals surface area contributed by atoms with Gasteiger partial charge in [-0.2, -0.15) is 0 Å². The molecule has 0 radical (unpaired) electrons. The molecular weight excluding hydrogens is 428 g/mol. The molecule has 1 aromatic carbocycles. The molecule has 0 spiro atoms. The first-order chi connectivity index (χ1) is 15.5. The van der Waals surface area contributed by atoms with Crippen LogP contribution in [-0.4, -0.2) is 56.4 Å². The van der Waals surface area contributed by atoms with Gasteiger partial charge in [-0.25, -0.2) is 0 Å². The number of carbonyl (C=O) groups is 1. The highest BCUT2D eigenvalue weighted by atomic mass is 32.2. The van der Waals surface area contributed by atoms with E-state index in [9.17, 15) is 9.59 Å². The lowest BCUT2D eigenvalue weighted by Gasteiger charge is -2.22. The highest BCUT2D eigenvalue weighted by Crippen LogP contribution is 2.22. The first-order valence-electron chi connectivity index (χ1n) is 10.1. The van der Waals surface area contributed by atoms with Crippen molar-refractivity contribution in [3.8, 4) is 0 Å². The van der Waals surface area contributed by atoms with Crippen LogP contribution in [0.25, 0.3) is 16.7 Å². The molecule has 3 heterocycles. The van der Waals surface area contributed by atoms with Crippen LogP contribution in [0.3, 0.4) is 0 Å². The first kappa shape index (κ1) is 21.8. The van der Waals surface area contributed by atoms with E-state index in [1.165, 1.54) is 16.3 Å². The third-order valence-corrected chi connectivity index (χ3v) is 6.04. The average Bonchev–Trinajstić information content (AvgIpc) is 3.45. The van der Waals surface area contributed by atoms with Gasteiger partial charge in [-0.1, -0.05) is 30.0 Å². The second-order valence-electron chi connectivity index (χ2n) is 7.43.